The van der Waals surface area contributed by atoms with Crippen LogP contribution in [0, 0.1) is 0 Å². The lowest BCUT2D eigenvalue weighted by Crippen LogP contribution is -2.23. The van der Waals surface area contributed by atoms with Gasteiger partial charge in [0.15, 0.2) is 0 Å². The van der Waals surface area contributed by atoms with E-state index in [4.69, 9.17) is 11.6 Å². The average Bonchev–Trinajstić information content (AvgIpc) is 2.44. The molecule has 0 aliphatic heterocycles. The van der Waals surface area contributed by atoms with Crippen LogP contribution in [0.1, 0.15) is 11.1 Å². The van der Waals surface area contributed by atoms with Crippen molar-refractivity contribution in [3.05, 3.63) is 63.1 Å². The van der Waals surface area contributed by atoms with E-state index in [0.29, 0.717) is 21.1 Å². The first-order valence-corrected chi connectivity index (χ1v) is 8.85. The zero-order valence-electron chi connectivity index (χ0n) is 11.4. The molecule has 3 nitrogen and oxygen atoms in total. The number of nitrogens with one attached hydrogen (secondary N) is 1. The summed E-state index contributed by atoms with van der Waals surface area (Å²) in [6.45, 7) is -0.0995. The molecule has 0 aliphatic carbocycles. The highest BCUT2D eigenvalue weighted by molar-refractivity contribution is 9.10. The van der Waals surface area contributed by atoms with Gasteiger partial charge in [0.05, 0.1) is 10.5 Å². The molecule has 0 fully saturated rings. The van der Waals surface area contributed by atoms with E-state index in [1.165, 1.54) is 0 Å². The van der Waals surface area contributed by atoms with Crippen LogP contribution in [0.3, 0.4) is 0 Å². The van der Waals surface area contributed by atoms with Crippen LogP contribution in [-0.2, 0) is 22.7 Å². The summed E-state index contributed by atoms with van der Waals surface area (Å²) in [7, 11) is -4.08. The lowest BCUT2D eigenvalue weighted by molar-refractivity contribution is -0.137. The van der Waals surface area contributed by atoms with Crippen LogP contribution in [0.2, 0.25) is 5.02 Å². The molecule has 9 heteroatoms. The maximum absolute atomic E-state index is 12.7. The highest BCUT2D eigenvalue weighted by Gasteiger charge is 2.31. The van der Waals surface area contributed by atoms with E-state index in [0.717, 1.165) is 18.2 Å². The van der Waals surface area contributed by atoms with Gasteiger partial charge in [-0.3, -0.25) is 0 Å². The van der Waals surface area contributed by atoms with Gasteiger partial charge in [-0.15, -0.1) is 0 Å². The Morgan fingerprint density at radius 1 is 1.13 bits per heavy atom. The first kappa shape index (κ1) is 18.3. The second-order valence-electron chi connectivity index (χ2n) is 4.63. The number of benzene rings is 2. The quantitative estimate of drug-likeness (QED) is 0.774. The monoisotopic (exact) mass is 427 g/mol. The van der Waals surface area contributed by atoms with Crippen molar-refractivity contribution in [3.63, 3.8) is 0 Å². The Morgan fingerprint density at radius 2 is 1.83 bits per heavy atom. The Hall–Kier alpha value is -1.09. The number of sulfonamides is 1. The zero-order valence-corrected chi connectivity index (χ0v) is 14.5. The summed E-state index contributed by atoms with van der Waals surface area (Å²) < 4.78 is 65.2. The van der Waals surface area contributed by atoms with Crippen molar-refractivity contribution in [1.29, 1.82) is 0 Å². The van der Waals surface area contributed by atoms with Crippen molar-refractivity contribution >= 4 is 37.6 Å². The van der Waals surface area contributed by atoms with Gasteiger partial charge in [-0.1, -0.05) is 33.6 Å². The largest absolute Gasteiger partial charge is 0.416 e. The molecule has 0 aromatic heterocycles. The average molecular weight is 429 g/mol. The fraction of sp³-hybridized carbons (Fsp3) is 0.143. The van der Waals surface area contributed by atoms with Gasteiger partial charge in [0.2, 0.25) is 10.0 Å². The molecule has 1 N–H and O–H groups in total. The minimum absolute atomic E-state index is 0.0995. The standard InChI is InChI=1S/C14H10BrClF3NO2S/c15-11-4-9(5-12(16)7-11)8-20-23(21,22)13-3-1-2-10(6-13)14(17,18)19/h1-7,20H,8H2. The van der Waals surface area contributed by atoms with E-state index in [-0.39, 0.29) is 6.54 Å². The Bertz CT molecular complexity index is 805. The fourth-order valence-corrected chi connectivity index (χ4v) is 3.81. The predicted octanol–water partition coefficient (Wildman–Crippen LogP) is 4.60. The molecule has 0 bridgehead atoms. The van der Waals surface area contributed by atoms with Crippen molar-refractivity contribution in [3.8, 4) is 0 Å². The van der Waals surface area contributed by atoms with Crippen LogP contribution in [0.15, 0.2) is 51.8 Å². The number of halogens is 5. The molecule has 0 saturated carbocycles. The Balaban J connectivity index is 2.22. The van der Waals surface area contributed by atoms with Crippen molar-refractivity contribution in [2.24, 2.45) is 0 Å². The zero-order chi connectivity index (χ0) is 17.3. The van der Waals surface area contributed by atoms with Gasteiger partial charge in [-0.2, -0.15) is 13.2 Å². The summed E-state index contributed by atoms with van der Waals surface area (Å²) in [4.78, 5) is -0.451. The van der Waals surface area contributed by atoms with E-state index < -0.39 is 26.7 Å². The highest BCUT2D eigenvalue weighted by Crippen LogP contribution is 2.30. The summed E-state index contributed by atoms with van der Waals surface area (Å²) in [6, 6.07) is 8.40. The van der Waals surface area contributed by atoms with Crippen molar-refractivity contribution < 1.29 is 21.6 Å². The Labute approximate surface area is 144 Å². The minimum Gasteiger partial charge on any atom is -0.207 e. The van der Waals surface area contributed by atoms with E-state index >= 15 is 0 Å². The van der Waals surface area contributed by atoms with Crippen LogP contribution in [-0.4, -0.2) is 8.42 Å². The number of hydrogen-bond donors (Lipinski definition) is 1. The molecule has 2 aromatic carbocycles. The summed E-state index contributed by atoms with van der Waals surface area (Å²) in [5.74, 6) is 0. The van der Waals surface area contributed by atoms with Crippen LogP contribution in [0.4, 0.5) is 13.2 Å². The topological polar surface area (TPSA) is 46.2 Å². The number of rotatable bonds is 4. The molecule has 0 heterocycles. The second-order valence-corrected chi connectivity index (χ2v) is 7.75. The molecule has 2 rings (SSSR count). The molecular formula is C14H10BrClF3NO2S. The third kappa shape index (κ3) is 4.94. The van der Waals surface area contributed by atoms with Crippen LogP contribution < -0.4 is 4.72 Å². The third-order valence-electron chi connectivity index (χ3n) is 2.86. The molecule has 23 heavy (non-hydrogen) atoms. The lowest BCUT2D eigenvalue weighted by Gasteiger charge is -2.10. The van der Waals surface area contributed by atoms with Gasteiger partial charge >= 0.3 is 6.18 Å². The van der Waals surface area contributed by atoms with Gasteiger partial charge < -0.3 is 0 Å². The molecule has 0 saturated heterocycles. The molecule has 2 aromatic rings. The minimum atomic E-state index is -4.61. The normalized spacial score (nSPS) is 12.4. The van der Waals surface area contributed by atoms with Crippen LogP contribution in [0.5, 0.6) is 0 Å². The SMILES string of the molecule is O=S(=O)(NCc1cc(Cl)cc(Br)c1)c1cccc(C(F)(F)F)c1. The molecule has 0 aliphatic rings. The fourth-order valence-electron chi connectivity index (χ4n) is 1.81. The highest BCUT2D eigenvalue weighted by atomic mass is 79.9. The summed E-state index contributed by atoms with van der Waals surface area (Å²) in [5.41, 5.74) is -0.453. The molecule has 0 spiro atoms. The summed E-state index contributed by atoms with van der Waals surface area (Å²) in [5, 5.41) is 0.410. The van der Waals surface area contributed by atoms with Crippen molar-refractivity contribution in [1.82, 2.24) is 4.72 Å². The molecule has 0 amide bonds. The van der Waals surface area contributed by atoms with Gasteiger partial charge in [0, 0.05) is 16.0 Å². The smallest absolute Gasteiger partial charge is 0.207 e. The number of hydrogen-bond acceptors (Lipinski definition) is 2. The van der Waals surface area contributed by atoms with E-state index in [1.54, 1.807) is 18.2 Å². The second kappa shape index (κ2) is 6.80. The maximum atomic E-state index is 12.7. The van der Waals surface area contributed by atoms with Gasteiger partial charge in [-0.05, 0) is 42.0 Å². The van der Waals surface area contributed by atoms with E-state index in [9.17, 15) is 21.6 Å². The molecule has 0 unspecified atom stereocenters. The van der Waals surface area contributed by atoms with Crippen LogP contribution in [0.25, 0.3) is 0 Å². The van der Waals surface area contributed by atoms with Gasteiger partial charge in [0.1, 0.15) is 0 Å². The van der Waals surface area contributed by atoms with Gasteiger partial charge in [0.25, 0.3) is 0 Å². The van der Waals surface area contributed by atoms with Crippen molar-refractivity contribution in [2.45, 2.75) is 17.6 Å². The van der Waals surface area contributed by atoms with E-state index in [2.05, 4.69) is 20.7 Å². The van der Waals surface area contributed by atoms with Crippen molar-refractivity contribution in [2.75, 3.05) is 0 Å². The van der Waals surface area contributed by atoms with E-state index in [1.807, 2.05) is 0 Å². The summed E-state index contributed by atoms with van der Waals surface area (Å²) in [6.07, 6.45) is -4.61. The number of alkyl halides is 3. The first-order valence-electron chi connectivity index (χ1n) is 6.20. The molecule has 0 radical (unpaired) electrons. The third-order valence-corrected chi connectivity index (χ3v) is 4.94. The van der Waals surface area contributed by atoms with Crippen LogP contribution >= 0.6 is 27.5 Å². The summed E-state index contributed by atoms with van der Waals surface area (Å²) >= 11 is 9.08. The lowest BCUT2D eigenvalue weighted by atomic mass is 10.2. The maximum Gasteiger partial charge on any atom is 0.416 e. The molecule has 0 atom stereocenters. The van der Waals surface area contributed by atoms with Gasteiger partial charge in [-0.25, -0.2) is 13.1 Å². The Morgan fingerprint density at radius 3 is 2.43 bits per heavy atom. The molecule has 124 valence electrons. The first-order chi connectivity index (χ1) is 10.6. The Kier molecular flexibility index (Phi) is 5.40. The molecular weight excluding hydrogens is 419 g/mol. The predicted molar refractivity (Wildman–Crippen MR) is 84.6 cm³/mol.